The molecule has 2 heterocycles. The van der Waals surface area contributed by atoms with Gasteiger partial charge in [-0.15, -0.1) is 0 Å². The normalized spacial score (nSPS) is 21.4. The minimum atomic E-state index is -0.332. The molecule has 0 aliphatic heterocycles. The van der Waals surface area contributed by atoms with E-state index in [1.54, 1.807) is 0 Å². The smallest absolute Gasteiger partial charge is 0.128 e. The lowest BCUT2D eigenvalue weighted by atomic mass is 9.75. The zero-order valence-electron chi connectivity index (χ0n) is 11.8. The summed E-state index contributed by atoms with van der Waals surface area (Å²) >= 11 is 0. The lowest BCUT2D eigenvalue weighted by Gasteiger charge is -2.33. The van der Waals surface area contributed by atoms with Crippen LogP contribution < -0.4 is 0 Å². The van der Waals surface area contributed by atoms with Crippen molar-refractivity contribution in [1.29, 1.82) is 0 Å². The number of fused-ring (bicyclic) bond motifs is 1. The number of aromatic nitrogens is 3. The van der Waals surface area contributed by atoms with E-state index in [-0.39, 0.29) is 11.5 Å². The monoisotopic (exact) mass is 259 g/mol. The summed E-state index contributed by atoms with van der Waals surface area (Å²) < 4.78 is 4.26. The fourth-order valence-corrected chi connectivity index (χ4v) is 3.04. The van der Waals surface area contributed by atoms with E-state index in [0.717, 1.165) is 30.8 Å². The fourth-order valence-electron chi connectivity index (χ4n) is 3.04. The Morgan fingerprint density at radius 1 is 1.42 bits per heavy atom. The molecule has 0 spiro atoms. The Morgan fingerprint density at radius 2 is 2.21 bits per heavy atom. The molecular formula is C15H21N3O. The van der Waals surface area contributed by atoms with Gasteiger partial charge < -0.3 is 14.2 Å². The summed E-state index contributed by atoms with van der Waals surface area (Å²) in [5.41, 5.74) is 2.50. The summed E-state index contributed by atoms with van der Waals surface area (Å²) in [7, 11) is 2.01. The highest BCUT2D eigenvalue weighted by atomic mass is 16.3. The molecule has 4 heteroatoms. The summed E-state index contributed by atoms with van der Waals surface area (Å²) in [6, 6.07) is 2.05. The van der Waals surface area contributed by atoms with Crippen LogP contribution in [0.3, 0.4) is 0 Å². The van der Waals surface area contributed by atoms with Crippen LogP contribution >= 0.6 is 0 Å². The van der Waals surface area contributed by atoms with Crippen molar-refractivity contribution in [2.75, 3.05) is 0 Å². The molecule has 1 atom stereocenters. The van der Waals surface area contributed by atoms with Crippen LogP contribution in [0.25, 0.3) is 0 Å². The van der Waals surface area contributed by atoms with E-state index in [0.29, 0.717) is 0 Å². The number of nitrogens with zero attached hydrogens (tertiary/aromatic N) is 3. The second-order valence-corrected chi connectivity index (χ2v) is 6.36. The van der Waals surface area contributed by atoms with E-state index in [4.69, 9.17) is 0 Å². The fraction of sp³-hybridized carbons (Fsp3) is 0.533. The number of aliphatic hydroxyl groups is 1. The van der Waals surface area contributed by atoms with E-state index >= 15 is 0 Å². The van der Waals surface area contributed by atoms with Crippen LogP contribution in [0.15, 0.2) is 24.7 Å². The van der Waals surface area contributed by atoms with E-state index < -0.39 is 0 Å². The van der Waals surface area contributed by atoms with E-state index in [1.807, 2.05) is 24.0 Å². The van der Waals surface area contributed by atoms with Crippen molar-refractivity contribution in [3.63, 3.8) is 0 Å². The first-order chi connectivity index (χ1) is 8.96. The molecule has 0 bridgehead atoms. The Morgan fingerprint density at radius 3 is 2.89 bits per heavy atom. The minimum absolute atomic E-state index is 0.157. The standard InChI is InChI=1S/C15H21N3O/c1-15(2)8-12-11(13(19)9-15)4-6-18(12)10-14-16-5-7-17(14)3/h4-7,13,19H,8-10H2,1-3H3. The summed E-state index contributed by atoms with van der Waals surface area (Å²) in [6.07, 6.45) is 7.38. The van der Waals surface area contributed by atoms with Crippen molar-refractivity contribution in [2.45, 2.75) is 39.3 Å². The summed E-state index contributed by atoms with van der Waals surface area (Å²) in [5, 5.41) is 10.3. The molecule has 0 saturated carbocycles. The Kier molecular flexibility index (Phi) is 2.78. The van der Waals surface area contributed by atoms with Gasteiger partial charge in [-0.05, 0) is 24.3 Å². The maximum Gasteiger partial charge on any atom is 0.128 e. The molecule has 0 aromatic carbocycles. The summed E-state index contributed by atoms with van der Waals surface area (Å²) in [6.45, 7) is 5.20. The van der Waals surface area contributed by atoms with Gasteiger partial charge in [-0.25, -0.2) is 4.98 Å². The molecule has 0 saturated heterocycles. The summed E-state index contributed by atoms with van der Waals surface area (Å²) in [4.78, 5) is 4.37. The van der Waals surface area contributed by atoms with Gasteiger partial charge in [-0.1, -0.05) is 13.8 Å². The predicted octanol–water partition coefficient (Wildman–Crippen LogP) is 2.28. The van der Waals surface area contributed by atoms with Gasteiger partial charge in [0.15, 0.2) is 0 Å². The van der Waals surface area contributed by atoms with Gasteiger partial charge in [0.2, 0.25) is 0 Å². The van der Waals surface area contributed by atoms with Gasteiger partial charge in [0.25, 0.3) is 0 Å². The van der Waals surface area contributed by atoms with E-state index in [1.165, 1.54) is 5.69 Å². The molecule has 19 heavy (non-hydrogen) atoms. The lowest BCUT2D eigenvalue weighted by molar-refractivity contribution is 0.0980. The van der Waals surface area contributed by atoms with Gasteiger partial charge in [0, 0.05) is 36.9 Å². The molecule has 1 aliphatic carbocycles. The van der Waals surface area contributed by atoms with Crippen molar-refractivity contribution in [3.8, 4) is 0 Å². The molecule has 1 aliphatic rings. The zero-order valence-corrected chi connectivity index (χ0v) is 11.8. The molecule has 4 nitrogen and oxygen atoms in total. The Labute approximate surface area is 113 Å². The van der Waals surface area contributed by atoms with Gasteiger partial charge >= 0.3 is 0 Å². The second-order valence-electron chi connectivity index (χ2n) is 6.36. The van der Waals surface area contributed by atoms with Gasteiger partial charge in [-0.2, -0.15) is 0 Å². The number of aryl methyl sites for hydroxylation is 1. The highest BCUT2D eigenvalue weighted by Crippen LogP contribution is 2.41. The van der Waals surface area contributed by atoms with E-state index in [2.05, 4.69) is 35.7 Å². The molecule has 0 fully saturated rings. The maximum atomic E-state index is 10.3. The van der Waals surface area contributed by atoms with Crippen molar-refractivity contribution in [2.24, 2.45) is 12.5 Å². The number of hydrogen-bond donors (Lipinski definition) is 1. The molecule has 1 N–H and O–H groups in total. The Hall–Kier alpha value is -1.55. The molecule has 2 aromatic heterocycles. The second kappa shape index (κ2) is 4.23. The molecule has 1 unspecified atom stereocenters. The van der Waals surface area contributed by atoms with Crippen molar-refractivity contribution in [1.82, 2.24) is 14.1 Å². The maximum absolute atomic E-state index is 10.3. The number of aliphatic hydroxyl groups excluding tert-OH is 1. The molecule has 3 rings (SSSR count). The largest absolute Gasteiger partial charge is 0.388 e. The van der Waals surface area contributed by atoms with Gasteiger partial charge in [0.05, 0.1) is 12.6 Å². The first kappa shape index (κ1) is 12.5. The highest BCUT2D eigenvalue weighted by molar-refractivity contribution is 5.29. The van der Waals surface area contributed by atoms with Crippen LogP contribution in [0.2, 0.25) is 0 Å². The van der Waals surface area contributed by atoms with E-state index in [9.17, 15) is 5.11 Å². The van der Waals surface area contributed by atoms with Crippen LogP contribution in [-0.4, -0.2) is 19.2 Å². The average Bonchev–Trinajstić information content (AvgIpc) is 2.87. The van der Waals surface area contributed by atoms with Gasteiger partial charge in [-0.3, -0.25) is 0 Å². The average molecular weight is 259 g/mol. The minimum Gasteiger partial charge on any atom is -0.388 e. The van der Waals surface area contributed by atoms with Crippen LogP contribution in [0.1, 0.15) is 43.5 Å². The highest BCUT2D eigenvalue weighted by Gasteiger charge is 2.33. The summed E-state index contributed by atoms with van der Waals surface area (Å²) in [5.74, 6) is 1.04. The molecule has 102 valence electrons. The SMILES string of the molecule is Cn1ccnc1Cn1ccc2c1CC(C)(C)CC2O. The third kappa shape index (κ3) is 2.21. The third-order valence-corrected chi connectivity index (χ3v) is 4.10. The molecular weight excluding hydrogens is 238 g/mol. The number of rotatable bonds is 2. The third-order valence-electron chi connectivity index (χ3n) is 4.10. The van der Waals surface area contributed by atoms with Crippen molar-refractivity contribution in [3.05, 3.63) is 41.7 Å². The molecule has 2 aromatic rings. The molecule has 0 amide bonds. The Balaban J connectivity index is 1.95. The molecule has 0 radical (unpaired) electrons. The van der Waals surface area contributed by atoms with Crippen LogP contribution in [0.5, 0.6) is 0 Å². The first-order valence-corrected chi connectivity index (χ1v) is 6.78. The van der Waals surface area contributed by atoms with Crippen LogP contribution in [-0.2, 0) is 20.0 Å². The Bertz CT molecular complexity index is 594. The van der Waals surface area contributed by atoms with Crippen LogP contribution in [0.4, 0.5) is 0 Å². The van der Waals surface area contributed by atoms with Crippen molar-refractivity contribution >= 4 is 0 Å². The lowest BCUT2D eigenvalue weighted by Crippen LogP contribution is -2.27. The number of hydrogen-bond acceptors (Lipinski definition) is 2. The predicted molar refractivity (Wildman–Crippen MR) is 73.8 cm³/mol. The van der Waals surface area contributed by atoms with Gasteiger partial charge in [0.1, 0.15) is 5.82 Å². The topological polar surface area (TPSA) is 43.0 Å². The quantitative estimate of drug-likeness (QED) is 0.899. The first-order valence-electron chi connectivity index (χ1n) is 6.78. The van der Waals surface area contributed by atoms with Crippen molar-refractivity contribution < 1.29 is 5.11 Å². The zero-order chi connectivity index (χ0) is 13.6. The van der Waals surface area contributed by atoms with Crippen LogP contribution in [0, 0.1) is 5.41 Å². The number of imidazole rings is 1.